The molecular weight excluding hydrogens is 236 g/mol. The summed E-state index contributed by atoms with van der Waals surface area (Å²) < 4.78 is 4.55. The quantitative estimate of drug-likeness (QED) is 0.380. The summed E-state index contributed by atoms with van der Waals surface area (Å²) in [5.74, 6) is 4.84. The van der Waals surface area contributed by atoms with Crippen LogP contribution in [0.1, 0.15) is 17.3 Å². The molecule has 1 aromatic rings. The van der Waals surface area contributed by atoms with Crippen LogP contribution in [-0.2, 0) is 4.74 Å². The minimum atomic E-state index is -0.547. The maximum absolute atomic E-state index is 11.3. The third kappa shape index (κ3) is 3.22. The van der Waals surface area contributed by atoms with E-state index in [9.17, 15) is 14.9 Å². The van der Waals surface area contributed by atoms with E-state index in [2.05, 4.69) is 21.9 Å². The summed E-state index contributed by atoms with van der Waals surface area (Å²) in [5.41, 5.74) is 0.376. The lowest BCUT2D eigenvalue weighted by molar-refractivity contribution is -0.384. The first-order valence-corrected chi connectivity index (χ1v) is 5.10. The number of benzene rings is 1. The van der Waals surface area contributed by atoms with E-state index in [0.717, 1.165) is 0 Å². The monoisotopic (exact) mass is 248 g/mol. The van der Waals surface area contributed by atoms with Gasteiger partial charge in [0.25, 0.3) is 5.69 Å². The molecule has 0 unspecified atom stereocenters. The van der Waals surface area contributed by atoms with Crippen molar-refractivity contribution >= 4 is 17.3 Å². The Balaban J connectivity index is 3.09. The van der Waals surface area contributed by atoms with Crippen LogP contribution in [0.5, 0.6) is 0 Å². The highest BCUT2D eigenvalue weighted by molar-refractivity contribution is 5.91. The Labute approximate surface area is 104 Å². The predicted octanol–water partition coefficient (Wildman–Crippen LogP) is 1.82. The van der Waals surface area contributed by atoms with Crippen molar-refractivity contribution < 1.29 is 14.5 Å². The molecule has 18 heavy (non-hydrogen) atoms. The lowest BCUT2D eigenvalue weighted by atomic mass is 10.1. The second-order valence-electron chi connectivity index (χ2n) is 3.26. The highest BCUT2D eigenvalue weighted by Crippen LogP contribution is 2.25. The minimum Gasteiger partial charge on any atom is -0.465 e. The van der Waals surface area contributed by atoms with E-state index in [1.54, 1.807) is 6.92 Å². The summed E-state index contributed by atoms with van der Waals surface area (Å²) in [6, 6.07) is 3.98. The Morgan fingerprint density at radius 3 is 2.83 bits per heavy atom. The SMILES string of the molecule is CC#CCNc1cc(C(=O)OC)ccc1[N+](=O)[O-]. The minimum absolute atomic E-state index is 0.111. The van der Waals surface area contributed by atoms with Gasteiger partial charge in [-0.05, 0) is 19.1 Å². The van der Waals surface area contributed by atoms with E-state index in [0.29, 0.717) is 0 Å². The van der Waals surface area contributed by atoms with E-state index in [-0.39, 0.29) is 23.5 Å². The zero-order chi connectivity index (χ0) is 13.5. The van der Waals surface area contributed by atoms with Gasteiger partial charge in [0.15, 0.2) is 0 Å². The first-order chi connectivity index (χ1) is 8.60. The van der Waals surface area contributed by atoms with Crippen LogP contribution < -0.4 is 5.32 Å². The maximum atomic E-state index is 11.3. The molecule has 0 aromatic heterocycles. The van der Waals surface area contributed by atoms with Crippen LogP contribution in [0.25, 0.3) is 0 Å². The Bertz CT molecular complexity index is 529. The van der Waals surface area contributed by atoms with Crippen molar-refractivity contribution in [1.82, 2.24) is 0 Å². The lowest BCUT2D eigenvalue weighted by Crippen LogP contribution is -2.06. The zero-order valence-corrected chi connectivity index (χ0v) is 10.0. The third-order valence-electron chi connectivity index (χ3n) is 2.16. The number of rotatable bonds is 4. The van der Waals surface area contributed by atoms with Crippen molar-refractivity contribution in [1.29, 1.82) is 0 Å². The summed E-state index contributed by atoms with van der Waals surface area (Å²) in [6.07, 6.45) is 0. The molecule has 0 saturated heterocycles. The summed E-state index contributed by atoms with van der Waals surface area (Å²) in [5, 5.41) is 13.6. The van der Waals surface area contributed by atoms with Crippen molar-refractivity contribution in [3.8, 4) is 11.8 Å². The van der Waals surface area contributed by atoms with Gasteiger partial charge in [0, 0.05) is 6.07 Å². The Morgan fingerprint density at radius 2 is 2.28 bits per heavy atom. The second-order valence-corrected chi connectivity index (χ2v) is 3.26. The summed E-state index contributed by atoms with van der Waals surface area (Å²) in [6.45, 7) is 1.93. The van der Waals surface area contributed by atoms with Gasteiger partial charge in [0.2, 0.25) is 0 Å². The number of anilines is 1. The maximum Gasteiger partial charge on any atom is 0.337 e. The van der Waals surface area contributed by atoms with Gasteiger partial charge in [0.05, 0.1) is 24.1 Å². The van der Waals surface area contributed by atoms with Gasteiger partial charge in [-0.15, -0.1) is 5.92 Å². The Kier molecular flexibility index (Phi) is 4.69. The molecular formula is C12H12N2O4. The molecule has 1 aromatic carbocycles. The van der Waals surface area contributed by atoms with Crippen LogP contribution in [0.2, 0.25) is 0 Å². The predicted molar refractivity (Wildman–Crippen MR) is 66.4 cm³/mol. The fourth-order valence-electron chi connectivity index (χ4n) is 1.31. The van der Waals surface area contributed by atoms with Crippen LogP contribution in [-0.4, -0.2) is 24.5 Å². The van der Waals surface area contributed by atoms with Crippen molar-refractivity contribution in [2.75, 3.05) is 19.0 Å². The molecule has 6 heteroatoms. The molecule has 0 amide bonds. The van der Waals surface area contributed by atoms with Crippen LogP contribution >= 0.6 is 0 Å². The smallest absolute Gasteiger partial charge is 0.337 e. The number of ether oxygens (including phenoxy) is 1. The fourth-order valence-corrected chi connectivity index (χ4v) is 1.31. The number of hydrogen-bond donors (Lipinski definition) is 1. The Morgan fingerprint density at radius 1 is 1.56 bits per heavy atom. The zero-order valence-electron chi connectivity index (χ0n) is 10.0. The largest absolute Gasteiger partial charge is 0.465 e. The van der Waals surface area contributed by atoms with Crippen LogP contribution in [0.3, 0.4) is 0 Å². The number of nitrogens with one attached hydrogen (secondary N) is 1. The molecule has 6 nitrogen and oxygen atoms in total. The van der Waals surface area contributed by atoms with E-state index >= 15 is 0 Å². The fraction of sp³-hybridized carbons (Fsp3) is 0.250. The van der Waals surface area contributed by atoms with Crippen molar-refractivity contribution in [3.63, 3.8) is 0 Å². The molecule has 0 aliphatic heterocycles. The van der Waals surface area contributed by atoms with E-state index in [1.807, 2.05) is 0 Å². The van der Waals surface area contributed by atoms with Gasteiger partial charge in [-0.1, -0.05) is 5.92 Å². The van der Waals surface area contributed by atoms with Crippen molar-refractivity contribution in [2.45, 2.75) is 6.92 Å². The number of hydrogen-bond acceptors (Lipinski definition) is 5. The number of carbonyl (C=O) groups is 1. The standard InChI is InChI=1S/C12H12N2O4/c1-3-4-7-13-10-8-9(12(15)18-2)5-6-11(10)14(16)17/h5-6,8,13H,7H2,1-2H3. The molecule has 0 fully saturated rings. The van der Waals surface area contributed by atoms with Crippen LogP contribution in [0, 0.1) is 22.0 Å². The van der Waals surface area contributed by atoms with E-state index in [1.165, 1.54) is 25.3 Å². The van der Waals surface area contributed by atoms with Crippen LogP contribution in [0.15, 0.2) is 18.2 Å². The van der Waals surface area contributed by atoms with Crippen molar-refractivity contribution in [3.05, 3.63) is 33.9 Å². The van der Waals surface area contributed by atoms with E-state index < -0.39 is 10.9 Å². The van der Waals surface area contributed by atoms with E-state index in [4.69, 9.17) is 0 Å². The number of nitrogens with zero attached hydrogens (tertiary/aromatic N) is 1. The van der Waals surface area contributed by atoms with Gasteiger partial charge in [0.1, 0.15) is 5.69 Å². The molecule has 0 saturated carbocycles. The molecule has 0 aliphatic rings. The second kappa shape index (κ2) is 6.25. The summed E-state index contributed by atoms with van der Waals surface area (Å²) >= 11 is 0. The normalized spacial score (nSPS) is 9.00. The number of methoxy groups -OCH3 is 1. The van der Waals surface area contributed by atoms with Gasteiger partial charge in [-0.2, -0.15) is 0 Å². The average Bonchev–Trinajstić information content (AvgIpc) is 2.37. The molecule has 0 spiro atoms. The van der Waals surface area contributed by atoms with Gasteiger partial charge in [-0.25, -0.2) is 4.79 Å². The third-order valence-corrected chi connectivity index (χ3v) is 2.16. The summed E-state index contributed by atoms with van der Waals surface area (Å²) in [4.78, 5) is 21.6. The molecule has 0 aliphatic carbocycles. The number of nitro groups is 1. The van der Waals surface area contributed by atoms with Gasteiger partial charge < -0.3 is 10.1 Å². The van der Waals surface area contributed by atoms with Crippen molar-refractivity contribution in [2.24, 2.45) is 0 Å². The average molecular weight is 248 g/mol. The van der Waals surface area contributed by atoms with Crippen LogP contribution in [0.4, 0.5) is 11.4 Å². The topological polar surface area (TPSA) is 81.5 Å². The molecule has 0 heterocycles. The first-order valence-electron chi connectivity index (χ1n) is 5.10. The highest BCUT2D eigenvalue weighted by atomic mass is 16.6. The number of nitro benzene ring substituents is 1. The number of esters is 1. The highest BCUT2D eigenvalue weighted by Gasteiger charge is 2.16. The Hall–Kier alpha value is -2.55. The van der Waals surface area contributed by atoms with Gasteiger partial charge in [-0.3, -0.25) is 10.1 Å². The lowest BCUT2D eigenvalue weighted by Gasteiger charge is -2.06. The number of carbonyl (C=O) groups excluding carboxylic acids is 1. The molecule has 0 radical (unpaired) electrons. The molecule has 1 rings (SSSR count). The molecule has 94 valence electrons. The summed E-state index contributed by atoms with van der Waals surface area (Å²) in [7, 11) is 1.25. The molecule has 1 N–H and O–H groups in total. The van der Waals surface area contributed by atoms with Gasteiger partial charge >= 0.3 is 5.97 Å². The molecule has 0 atom stereocenters. The first kappa shape index (κ1) is 13.5. The molecule has 0 bridgehead atoms.